The Hall–Kier alpha value is -2.84. The maximum atomic E-state index is 13.3. The van der Waals surface area contributed by atoms with E-state index in [1.807, 2.05) is 18.2 Å². The molecule has 33 heavy (non-hydrogen) atoms. The molecule has 1 saturated heterocycles. The Morgan fingerprint density at radius 1 is 1.00 bits per heavy atom. The van der Waals surface area contributed by atoms with Crippen LogP contribution in [0.4, 0.5) is 15.8 Å². The number of sulfonamides is 1. The molecule has 4 rings (SSSR count). The SMILES string of the molecule is CC(C)(C)c1ccc(S(=O)(=O)Nc2cccc([C@H]3SCC(=O)N3c3ccc(F)cc3)c2)cc1. The molecular formula is C25H25FN2O3S2. The third kappa shape index (κ3) is 5.07. The van der Waals surface area contributed by atoms with Crippen molar-refractivity contribution in [2.75, 3.05) is 15.4 Å². The topological polar surface area (TPSA) is 66.5 Å². The Kier molecular flexibility index (Phi) is 6.24. The second kappa shape index (κ2) is 8.83. The second-order valence-electron chi connectivity index (χ2n) is 8.91. The molecule has 1 heterocycles. The number of hydrogen-bond acceptors (Lipinski definition) is 4. The first-order chi connectivity index (χ1) is 15.5. The average Bonchev–Trinajstić information content (AvgIpc) is 3.15. The van der Waals surface area contributed by atoms with Gasteiger partial charge in [0.05, 0.1) is 10.6 Å². The number of carbonyl (C=O) groups excluding carboxylic acids is 1. The fraction of sp³-hybridized carbons (Fsp3) is 0.240. The highest BCUT2D eigenvalue weighted by Crippen LogP contribution is 2.42. The van der Waals surface area contributed by atoms with Crippen LogP contribution in [0.3, 0.4) is 0 Å². The van der Waals surface area contributed by atoms with Crippen molar-refractivity contribution in [1.82, 2.24) is 0 Å². The van der Waals surface area contributed by atoms with Crippen molar-refractivity contribution in [1.29, 1.82) is 0 Å². The van der Waals surface area contributed by atoms with Gasteiger partial charge in [-0.1, -0.05) is 45.0 Å². The number of thioether (sulfide) groups is 1. The van der Waals surface area contributed by atoms with Gasteiger partial charge in [0.2, 0.25) is 5.91 Å². The predicted octanol–water partition coefficient (Wildman–Crippen LogP) is 5.70. The summed E-state index contributed by atoms with van der Waals surface area (Å²) < 4.78 is 41.9. The molecule has 0 saturated carbocycles. The summed E-state index contributed by atoms with van der Waals surface area (Å²) >= 11 is 1.44. The maximum Gasteiger partial charge on any atom is 0.261 e. The van der Waals surface area contributed by atoms with Crippen LogP contribution in [0.25, 0.3) is 0 Å². The van der Waals surface area contributed by atoms with Crippen LogP contribution in [0.1, 0.15) is 37.3 Å². The van der Waals surface area contributed by atoms with Crippen molar-refractivity contribution in [2.45, 2.75) is 36.5 Å². The lowest BCUT2D eigenvalue weighted by atomic mass is 9.87. The fourth-order valence-electron chi connectivity index (χ4n) is 3.66. The van der Waals surface area contributed by atoms with Gasteiger partial charge >= 0.3 is 0 Å². The number of benzene rings is 3. The van der Waals surface area contributed by atoms with Gasteiger partial charge in [-0.3, -0.25) is 14.4 Å². The Morgan fingerprint density at radius 2 is 1.67 bits per heavy atom. The smallest absolute Gasteiger partial charge is 0.261 e. The van der Waals surface area contributed by atoms with E-state index in [-0.39, 0.29) is 33.2 Å². The van der Waals surface area contributed by atoms with Gasteiger partial charge in [-0.05, 0) is 65.1 Å². The molecule has 0 aliphatic carbocycles. The van der Waals surface area contributed by atoms with Crippen LogP contribution in [0.15, 0.2) is 77.7 Å². The lowest BCUT2D eigenvalue weighted by Crippen LogP contribution is -2.27. The average molecular weight is 485 g/mol. The summed E-state index contributed by atoms with van der Waals surface area (Å²) in [6, 6.07) is 19.6. The summed E-state index contributed by atoms with van der Waals surface area (Å²) in [6.45, 7) is 6.21. The van der Waals surface area contributed by atoms with E-state index in [9.17, 15) is 17.6 Å². The summed E-state index contributed by atoms with van der Waals surface area (Å²) in [4.78, 5) is 14.3. The minimum atomic E-state index is -3.78. The predicted molar refractivity (Wildman–Crippen MR) is 131 cm³/mol. The molecule has 1 amide bonds. The van der Waals surface area contributed by atoms with Crippen LogP contribution in [0.2, 0.25) is 0 Å². The van der Waals surface area contributed by atoms with E-state index in [0.29, 0.717) is 11.4 Å². The van der Waals surface area contributed by atoms with Crippen LogP contribution in [0.5, 0.6) is 0 Å². The van der Waals surface area contributed by atoms with Crippen LogP contribution < -0.4 is 9.62 Å². The molecular weight excluding hydrogens is 459 g/mol. The summed E-state index contributed by atoms with van der Waals surface area (Å²) in [5, 5.41) is -0.335. The summed E-state index contributed by atoms with van der Waals surface area (Å²) in [5.74, 6) is -0.166. The molecule has 0 spiro atoms. The van der Waals surface area contributed by atoms with E-state index in [0.717, 1.165) is 11.1 Å². The van der Waals surface area contributed by atoms with Gasteiger partial charge in [0.15, 0.2) is 0 Å². The van der Waals surface area contributed by atoms with Gasteiger partial charge in [-0.25, -0.2) is 12.8 Å². The number of nitrogens with zero attached hydrogens (tertiary/aromatic N) is 1. The lowest BCUT2D eigenvalue weighted by Gasteiger charge is -2.25. The van der Waals surface area contributed by atoms with E-state index < -0.39 is 10.0 Å². The normalized spacial score (nSPS) is 16.8. The van der Waals surface area contributed by atoms with Crippen molar-refractivity contribution in [3.63, 3.8) is 0 Å². The van der Waals surface area contributed by atoms with Crippen molar-refractivity contribution >= 4 is 39.1 Å². The van der Waals surface area contributed by atoms with Crippen molar-refractivity contribution < 1.29 is 17.6 Å². The minimum Gasteiger partial charge on any atom is -0.295 e. The van der Waals surface area contributed by atoms with Gasteiger partial charge < -0.3 is 0 Å². The summed E-state index contributed by atoms with van der Waals surface area (Å²) in [5.41, 5.74) is 2.76. The number of halogens is 1. The lowest BCUT2D eigenvalue weighted by molar-refractivity contribution is -0.115. The van der Waals surface area contributed by atoms with Crippen LogP contribution in [0, 0.1) is 5.82 Å². The molecule has 0 unspecified atom stereocenters. The molecule has 172 valence electrons. The highest BCUT2D eigenvalue weighted by Gasteiger charge is 2.34. The molecule has 0 radical (unpaired) electrons. The Bertz CT molecular complexity index is 1270. The van der Waals surface area contributed by atoms with Crippen LogP contribution in [-0.4, -0.2) is 20.1 Å². The highest BCUT2D eigenvalue weighted by atomic mass is 32.2. The van der Waals surface area contributed by atoms with Crippen LogP contribution in [-0.2, 0) is 20.2 Å². The van der Waals surface area contributed by atoms with Crippen molar-refractivity contribution in [3.05, 3.63) is 89.7 Å². The molecule has 3 aromatic carbocycles. The van der Waals surface area contributed by atoms with Gasteiger partial charge in [0, 0.05) is 11.4 Å². The number of hydrogen-bond donors (Lipinski definition) is 1. The molecule has 1 aliphatic heterocycles. The first-order valence-corrected chi connectivity index (χ1v) is 13.0. The van der Waals surface area contributed by atoms with Crippen molar-refractivity contribution in [3.8, 4) is 0 Å². The largest absolute Gasteiger partial charge is 0.295 e. The molecule has 3 aromatic rings. The number of amides is 1. The number of rotatable bonds is 5. The standard InChI is InChI=1S/C25H25FN2O3S2/c1-25(2,3)18-7-13-22(14-8-18)33(30,31)27-20-6-4-5-17(15-20)24-28(23(29)16-32-24)21-11-9-19(26)10-12-21/h4-15,24,27H,16H2,1-3H3/t24-/m1/s1. The van der Waals surface area contributed by atoms with Crippen LogP contribution >= 0.6 is 11.8 Å². The molecule has 0 aromatic heterocycles. The third-order valence-electron chi connectivity index (χ3n) is 5.43. The van der Waals surface area contributed by atoms with E-state index in [2.05, 4.69) is 25.5 Å². The molecule has 1 fully saturated rings. The monoisotopic (exact) mass is 484 g/mol. The number of nitrogens with one attached hydrogen (secondary N) is 1. The molecule has 5 nitrogen and oxygen atoms in total. The molecule has 1 N–H and O–H groups in total. The third-order valence-corrected chi connectivity index (χ3v) is 8.04. The van der Waals surface area contributed by atoms with Gasteiger partial charge in [0.1, 0.15) is 11.2 Å². The van der Waals surface area contributed by atoms with Gasteiger partial charge in [0.25, 0.3) is 10.0 Å². The van der Waals surface area contributed by atoms with Gasteiger partial charge in [-0.15, -0.1) is 11.8 Å². The zero-order chi connectivity index (χ0) is 23.8. The maximum absolute atomic E-state index is 13.3. The first-order valence-electron chi connectivity index (χ1n) is 10.5. The number of carbonyl (C=O) groups is 1. The quantitative estimate of drug-likeness (QED) is 0.504. The van der Waals surface area contributed by atoms with E-state index in [1.54, 1.807) is 47.4 Å². The zero-order valence-corrected chi connectivity index (χ0v) is 20.2. The van der Waals surface area contributed by atoms with Crippen molar-refractivity contribution in [2.24, 2.45) is 0 Å². The summed E-state index contributed by atoms with van der Waals surface area (Å²) in [6.07, 6.45) is 0. The Labute approximate surface area is 198 Å². The van der Waals surface area contributed by atoms with Gasteiger partial charge in [-0.2, -0.15) is 0 Å². The van der Waals surface area contributed by atoms with E-state index in [4.69, 9.17) is 0 Å². The highest BCUT2D eigenvalue weighted by molar-refractivity contribution is 8.00. The first kappa shape index (κ1) is 23.3. The Morgan fingerprint density at radius 3 is 2.30 bits per heavy atom. The second-order valence-corrected chi connectivity index (χ2v) is 11.7. The molecule has 1 aliphatic rings. The van der Waals surface area contributed by atoms with E-state index in [1.165, 1.54) is 23.9 Å². The number of anilines is 2. The Balaban J connectivity index is 1.58. The fourth-order valence-corrected chi connectivity index (χ4v) is 5.87. The molecule has 8 heteroatoms. The zero-order valence-electron chi connectivity index (χ0n) is 18.6. The van der Waals surface area contributed by atoms with E-state index >= 15 is 0 Å². The minimum absolute atomic E-state index is 0.0726. The summed E-state index contributed by atoms with van der Waals surface area (Å²) in [7, 11) is -3.78. The molecule has 0 bridgehead atoms. The molecule has 1 atom stereocenters.